The number of morpholine rings is 1. The van der Waals surface area contributed by atoms with E-state index in [-0.39, 0.29) is 17.6 Å². The fraction of sp³-hybridized carbons (Fsp3) is 0.571. The molecule has 1 aliphatic heterocycles. The van der Waals surface area contributed by atoms with Gasteiger partial charge in [0.25, 0.3) is 5.91 Å². The van der Waals surface area contributed by atoms with Crippen LogP contribution in [0.5, 0.6) is 0 Å². The molecule has 1 fully saturated rings. The average Bonchev–Trinajstić information content (AvgIpc) is 2.23. The summed E-state index contributed by atoms with van der Waals surface area (Å²) in [6, 6.07) is 3.38. The van der Waals surface area contributed by atoms with Crippen molar-refractivity contribution in [2.75, 3.05) is 13.1 Å². The third-order valence-electron chi connectivity index (χ3n) is 3.03. The predicted octanol–water partition coefficient (Wildman–Crippen LogP) is 2.68. The molecule has 0 aromatic carbocycles. The molecule has 1 aromatic heterocycles. The first-order valence-electron chi connectivity index (χ1n) is 6.38. The lowest BCUT2D eigenvalue weighted by Crippen LogP contribution is -2.53. The topological polar surface area (TPSA) is 42.4 Å². The molecule has 2 rings (SSSR count). The maximum atomic E-state index is 12.5. The van der Waals surface area contributed by atoms with Crippen LogP contribution in [-0.2, 0) is 4.74 Å². The average molecular weight is 283 g/mol. The Morgan fingerprint density at radius 2 is 2.21 bits per heavy atom. The van der Waals surface area contributed by atoms with Gasteiger partial charge in [-0.15, -0.1) is 0 Å². The minimum absolute atomic E-state index is 0.0179. The highest BCUT2D eigenvalue weighted by molar-refractivity contribution is 6.29. The van der Waals surface area contributed by atoms with Gasteiger partial charge in [-0.2, -0.15) is 0 Å². The van der Waals surface area contributed by atoms with Crippen molar-refractivity contribution in [3.63, 3.8) is 0 Å². The van der Waals surface area contributed by atoms with Crippen LogP contribution in [0.3, 0.4) is 0 Å². The second-order valence-electron chi connectivity index (χ2n) is 5.69. The first-order valence-corrected chi connectivity index (χ1v) is 6.76. The van der Waals surface area contributed by atoms with Crippen LogP contribution in [0.4, 0.5) is 0 Å². The molecule has 1 amide bonds. The number of ether oxygens (including phenoxy) is 1. The van der Waals surface area contributed by atoms with E-state index in [1.807, 2.05) is 32.6 Å². The van der Waals surface area contributed by atoms with E-state index in [1.54, 1.807) is 12.1 Å². The Morgan fingerprint density at radius 3 is 2.79 bits per heavy atom. The van der Waals surface area contributed by atoms with Gasteiger partial charge in [-0.3, -0.25) is 4.79 Å². The zero-order chi connectivity index (χ0) is 14.2. The molecule has 0 saturated carbocycles. The second kappa shape index (κ2) is 5.10. The number of aryl methyl sites for hydroxylation is 1. The van der Waals surface area contributed by atoms with Crippen molar-refractivity contribution in [1.82, 2.24) is 9.88 Å². The van der Waals surface area contributed by atoms with E-state index in [4.69, 9.17) is 16.3 Å². The summed E-state index contributed by atoms with van der Waals surface area (Å²) in [7, 11) is 0. The number of halogens is 1. The van der Waals surface area contributed by atoms with E-state index in [2.05, 4.69) is 4.98 Å². The van der Waals surface area contributed by atoms with Gasteiger partial charge in [0.1, 0.15) is 5.15 Å². The maximum absolute atomic E-state index is 12.5. The van der Waals surface area contributed by atoms with Gasteiger partial charge in [-0.05, 0) is 39.8 Å². The van der Waals surface area contributed by atoms with Gasteiger partial charge in [-0.1, -0.05) is 11.6 Å². The largest absolute Gasteiger partial charge is 0.369 e. The van der Waals surface area contributed by atoms with Crippen molar-refractivity contribution in [1.29, 1.82) is 0 Å². The van der Waals surface area contributed by atoms with Gasteiger partial charge in [0.15, 0.2) is 0 Å². The highest BCUT2D eigenvalue weighted by Crippen LogP contribution is 2.23. The number of hydrogen-bond acceptors (Lipinski definition) is 3. The molecule has 0 bridgehead atoms. The maximum Gasteiger partial charge on any atom is 0.254 e. The van der Waals surface area contributed by atoms with Gasteiger partial charge < -0.3 is 9.64 Å². The fourth-order valence-electron chi connectivity index (χ4n) is 2.54. The molecule has 0 N–H and O–H groups in total. The summed E-state index contributed by atoms with van der Waals surface area (Å²) in [6.07, 6.45) is 0.0334. The van der Waals surface area contributed by atoms with Crippen molar-refractivity contribution < 1.29 is 9.53 Å². The second-order valence-corrected chi connectivity index (χ2v) is 6.08. The van der Waals surface area contributed by atoms with E-state index in [0.717, 1.165) is 5.69 Å². The van der Waals surface area contributed by atoms with E-state index in [0.29, 0.717) is 23.8 Å². The monoisotopic (exact) mass is 282 g/mol. The minimum Gasteiger partial charge on any atom is -0.369 e. The number of amides is 1. The van der Waals surface area contributed by atoms with Crippen molar-refractivity contribution in [2.45, 2.75) is 39.4 Å². The lowest BCUT2D eigenvalue weighted by Gasteiger charge is -2.41. The zero-order valence-electron chi connectivity index (χ0n) is 11.7. The van der Waals surface area contributed by atoms with E-state index in [9.17, 15) is 4.79 Å². The van der Waals surface area contributed by atoms with Gasteiger partial charge in [0.05, 0.1) is 11.7 Å². The molecule has 1 atom stereocenters. The molecule has 19 heavy (non-hydrogen) atoms. The quantitative estimate of drug-likeness (QED) is 0.744. The molecular formula is C14H19ClN2O2. The predicted molar refractivity (Wildman–Crippen MR) is 74.5 cm³/mol. The van der Waals surface area contributed by atoms with Crippen molar-refractivity contribution in [3.8, 4) is 0 Å². The van der Waals surface area contributed by atoms with Gasteiger partial charge in [0, 0.05) is 24.3 Å². The van der Waals surface area contributed by atoms with E-state index < -0.39 is 0 Å². The minimum atomic E-state index is -0.320. The molecular weight excluding hydrogens is 264 g/mol. The smallest absolute Gasteiger partial charge is 0.254 e. The molecule has 0 spiro atoms. The molecule has 0 radical (unpaired) electrons. The number of pyridine rings is 1. The highest BCUT2D eigenvalue weighted by Gasteiger charge is 2.34. The fourth-order valence-corrected chi connectivity index (χ4v) is 2.79. The summed E-state index contributed by atoms with van der Waals surface area (Å²) in [5.74, 6) is -0.0179. The van der Waals surface area contributed by atoms with Crippen LogP contribution >= 0.6 is 11.6 Å². The van der Waals surface area contributed by atoms with E-state index in [1.165, 1.54) is 0 Å². The highest BCUT2D eigenvalue weighted by atomic mass is 35.5. The molecule has 1 aliphatic rings. The summed E-state index contributed by atoms with van der Waals surface area (Å²) < 4.78 is 5.81. The number of hydrogen-bond donors (Lipinski definition) is 0. The number of carbonyl (C=O) groups is 1. The van der Waals surface area contributed by atoms with Crippen molar-refractivity contribution >= 4 is 17.5 Å². The van der Waals surface area contributed by atoms with Crippen molar-refractivity contribution in [3.05, 3.63) is 28.5 Å². The Balaban J connectivity index is 2.23. The Kier molecular flexibility index (Phi) is 3.83. The molecule has 1 saturated heterocycles. The van der Waals surface area contributed by atoms with Crippen LogP contribution < -0.4 is 0 Å². The molecule has 5 heteroatoms. The summed E-state index contributed by atoms with van der Waals surface area (Å²) in [6.45, 7) is 8.97. The summed E-state index contributed by atoms with van der Waals surface area (Å²) in [4.78, 5) is 18.4. The third kappa shape index (κ3) is 3.45. The molecule has 104 valence electrons. The van der Waals surface area contributed by atoms with Crippen molar-refractivity contribution in [2.24, 2.45) is 0 Å². The standard InChI is InChI=1S/C14H19ClN2O2/c1-9-5-11(6-12(15)16-9)13(18)17-7-10(2)19-14(3,4)8-17/h5-6,10H,7-8H2,1-4H3. The zero-order valence-corrected chi connectivity index (χ0v) is 12.5. The summed E-state index contributed by atoms with van der Waals surface area (Å²) >= 11 is 5.91. The molecule has 2 heterocycles. The van der Waals surface area contributed by atoms with Crippen LogP contribution in [0.2, 0.25) is 5.15 Å². The molecule has 1 aromatic rings. The van der Waals surface area contributed by atoms with Gasteiger partial charge in [-0.25, -0.2) is 4.98 Å². The number of aromatic nitrogens is 1. The Hall–Kier alpha value is -1.13. The van der Waals surface area contributed by atoms with Gasteiger partial charge >= 0.3 is 0 Å². The lowest BCUT2D eigenvalue weighted by molar-refractivity contribution is -0.118. The van der Waals surface area contributed by atoms with Gasteiger partial charge in [0.2, 0.25) is 0 Å². The van der Waals surface area contributed by atoms with Crippen LogP contribution in [0.1, 0.15) is 36.8 Å². The molecule has 4 nitrogen and oxygen atoms in total. The van der Waals surface area contributed by atoms with Crippen LogP contribution in [0, 0.1) is 6.92 Å². The van der Waals surface area contributed by atoms with E-state index >= 15 is 0 Å². The Morgan fingerprint density at radius 1 is 1.53 bits per heavy atom. The normalized spacial score (nSPS) is 22.4. The van der Waals surface area contributed by atoms with Crippen LogP contribution in [-0.4, -0.2) is 40.6 Å². The first-order chi connectivity index (χ1) is 8.77. The summed E-state index contributed by atoms with van der Waals surface area (Å²) in [5.41, 5.74) is 1.01. The van der Waals surface area contributed by atoms with Crippen LogP contribution in [0.25, 0.3) is 0 Å². The first kappa shape index (κ1) is 14.3. The molecule has 0 aliphatic carbocycles. The summed E-state index contributed by atoms with van der Waals surface area (Å²) in [5, 5.41) is 0.351. The SMILES string of the molecule is Cc1cc(C(=O)N2CC(C)OC(C)(C)C2)cc(Cl)n1. The number of nitrogens with zero attached hydrogens (tertiary/aromatic N) is 2. The Labute approximate surface area is 118 Å². The van der Waals surface area contributed by atoms with Crippen LogP contribution in [0.15, 0.2) is 12.1 Å². The Bertz CT molecular complexity index is 482. The number of rotatable bonds is 1. The lowest BCUT2D eigenvalue weighted by atomic mass is 10.0. The molecule has 1 unspecified atom stereocenters. The third-order valence-corrected chi connectivity index (χ3v) is 3.22. The number of carbonyl (C=O) groups excluding carboxylic acids is 1.